The zero-order valence-electron chi connectivity index (χ0n) is 11.3. The van der Waals surface area contributed by atoms with Crippen LogP contribution in [0.4, 0.5) is 0 Å². The van der Waals surface area contributed by atoms with Gasteiger partial charge in [-0.2, -0.15) is 0 Å². The normalized spacial score (nSPS) is 24.1. The van der Waals surface area contributed by atoms with Gasteiger partial charge in [0.05, 0.1) is 26.3 Å². The van der Waals surface area contributed by atoms with Crippen molar-refractivity contribution in [2.45, 2.75) is 0 Å². The average molecular weight is 266 g/mol. The van der Waals surface area contributed by atoms with E-state index >= 15 is 0 Å². The summed E-state index contributed by atoms with van der Waals surface area (Å²) in [6, 6.07) is 0. The van der Waals surface area contributed by atoms with E-state index in [9.17, 15) is 0 Å². The predicted octanol–water partition coefficient (Wildman–Crippen LogP) is -1.46. The van der Waals surface area contributed by atoms with Gasteiger partial charge in [0.25, 0.3) is 0 Å². The third-order valence-electron chi connectivity index (χ3n) is 3.57. The number of nitrogens with one attached hydrogen (secondary N) is 2. The second-order valence-electron chi connectivity index (χ2n) is 4.87. The molecule has 0 radical (unpaired) electrons. The number of guanidine groups is 2. The van der Waals surface area contributed by atoms with Crippen molar-refractivity contribution in [2.24, 2.45) is 9.98 Å². The lowest BCUT2D eigenvalue weighted by molar-refractivity contribution is 0.0389. The molecule has 7 heteroatoms. The maximum atomic E-state index is 5.35. The Bertz CT molecular complexity index is 363. The minimum Gasteiger partial charge on any atom is -0.379 e. The number of rotatable bonds is 3. The maximum absolute atomic E-state index is 5.35. The van der Waals surface area contributed by atoms with Crippen molar-refractivity contribution in [2.75, 3.05) is 65.6 Å². The van der Waals surface area contributed by atoms with E-state index in [1.165, 1.54) is 0 Å². The van der Waals surface area contributed by atoms with E-state index in [-0.39, 0.29) is 0 Å². The van der Waals surface area contributed by atoms with E-state index in [4.69, 9.17) is 4.74 Å². The largest absolute Gasteiger partial charge is 0.379 e. The van der Waals surface area contributed by atoms with Crippen LogP contribution in [0.3, 0.4) is 0 Å². The van der Waals surface area contributed by atoms with Crippen LogP contribution in [-0.4, -0.2) is 87.3 Å². The summed E-state index contributed by atoms with van der Waals surface area (Å²) in [6.07, 6.45) is 0. The number of hydrogen-bond acceptors (Lipinski definition) is 7. The van der Waals surface area contributed by atoms with E-state index in [0.717, 1.165) is 77.5 Å². The van der Waals surface area contributed by atoms with E-state index in [1.807, 2.05) is 0 Å². The van der Waals surface area contributed by atoms with Gasteiger partial charge in [-0.25, -0.2) is 0 Å². The molecule has 0 unspecified atom stereocenters. The van der Waals surface area contributed by atoms with Gasteiger partial charge in [0, 0.05) is 39.3 Å². The Balaban J connectivity index is 1.43. The van der Waals surface area contributed by atoms with Gasteiger partial charge in [-0.15, -0.1) is 0 Å². The molecule has 0 aromatic heterocycles. The highest BCUT2D eigenvalue weighted by Crippen LogP contribution is 2.03. The van der Waals surface area contributed by atoms with Crippen molar-refractivity contribution in [3.8, 4) is 0 Å². The summed E-state index contributed by atoms with van der Waals surface area (Å²) in [4.78, 5) is 13.5. The first-order chi connectivity index (χ1) is 9.43. The molecule has 3 rings (SSSR count). The second-order valence-corrected chi connectivity index (χ2v) is 4.87. The number of nitrogens with zero attached hydrogens (tertiary/aromatic N) is 4. The van der Waals surface area contributed by atoms with Crippen LogP contribution in [0.5, 0.6) is 0 Å². The highest BCUT2D eigenvalue weighted by atomic mass is 16.5. The molecule has 2 N–H and O–H groups in total. The zero-order chi connectivity index (χ0) is 12.9. The first-order valence-electron chi connectivity index (χ1n) is 7.08. The van der Waals surface area contributed by atoms with Crippen LogP contribution < -0.4 is 10.6 Å². The van der Waals surface area contributed by atoms with E-state index < -0.39 is 0 Å². The lowest BCUT2D eigenvalue weighted by Gasteiger charge is -2.27. The highest BCUT2D eigenvalue weighted by molar-refractivity contribution is 6.00. The zero-order valence-corrected chi connectivity index (χ0v) is 11.3. The van der Waals surface area contributed by atoms with Gasteiger partial charge in [0.15, 0.2) is 0 Å². The highest BCUT2D eigenvalue weighted by Gasteiger charge is 2.23. The smallest absolute Gasteiger partial charge is 0.201 e. The fraction of sp³-hybridized carbons (Fsp3) is 0.833. The monoisotopic (exact) mass is 266 g/mol. The summed E-state index contributed by atoms with van der Waals surface area (Å²) in [7, 11) is 0. The lowest BCUT2D eigenvalue weighted by atomic mass is 10.4. The van der Waals surface area contributed by atoms with Gasteiger partial charge in [0.2, 0.25) is 11.9 Å². The molecule has 7 nitrogen and oxygen atoms in total. The second kappa shape index (κ2) is 6.21. The predicted molar refractivity (Wildman–Crippen MR) is 74.6 cm³/mol. The molecular formula is C12H22N6O. The van der Waals surface area contributed by atoms with Crippen molar-refractivity contribution in [3.63, 3.8) is 0 Å². The van der Waals surface area contributed by atoms with Crippen molar-refractivity contribution >= 4 is 11.9 Å². The average Bonchev–Trinajstić information content (AvgIpc) is 3.10. The summed E-state index contributed by atoms with van der Waals surface area (Å²) in [6.45, 7) is 9.31. The quantitative estimate of drug-likeness (QED) is 0.653. The number of ether oxygens (including phenoxy) is 1. The van der Waals surface area contributed by atoms with Crippen LogP contribution >= 0.6 is 0 Å². The van der Waals surface area contributed by atoms with Crippen molar-refractivity contribution in [3.05, 3.63) is 0 Å². The van der Waals surface area contributed by atoms with Crippen molar-refractivity contribution < 1.29 is 4.74 Å². The van der Waals surface area contributed by atoms with Crippen LogP contribution in [0.2, 0.25) is 0 Å². The summed E-state index contributed by atoms with van der Waals surface area (Å²) >= 11 is 0. The van der Waals surface area contributed by atoms with Gasteiger partial charge in [-0.3, -0.25) is 19.8 Å². The summed E-state index contributed by atoms with van der Waals surface area (Å²) < 4.78 is 5.35. The third-order valence-corrected chi connectivity index (χ3v) is 3.57. The molecule has 0 saturated carbocycles. The Morgan fingerprint density at radius 3 is 2.84 bits per heavy atom. The molecule has 19 heavy (non-hydrogen) atoms. The van der Waals surface area contributed by atoms with Crippen molar-refractivity contribution in [1.29, 1.82) is 0 Å². The fourth-order valence-electron chi connectivity index (χ4n) is 2.52. The first-order valence-corrected chi connectivity index (χ1v) is 7.08. The Hall–Kier alpha value is -1.34. The summed E-state index contributed by atoms with van der Waals surface area (Å²) in [5.74, 6) is 1.93. The Labute approximate surface area is 113 Å². The number of morpholine rings is 1. The summed E-state index contributed by atoms with van der Waals surface area (Å²) in [5.41, 5.74) is 0. The van der Waals surface area contributed by atoms with E-state index in [2.05, 4.69) is 30.4 Å². The van der Waals surface area contributed by atoms with Crippen LogP contribution in [0.1, 0.15) is 0 Å². The van der Waals surface area contributed by atoms with Gasteiger partial charge in [0.1, 0.15) is 0 Å². The fourth-order valence-corrected chi connectivity index (χ4v) is 2.52. The maximum Gasteiger partial charge on any atom is 0.201 e. The molecule has 0 aliphatic carbocycles. The lowest BCUT2D eigenvalue weighted by Crippen LogP contribution is -2.48. The topological polar surface area (TPSA) is 64.5 Å². The molecule has 0 spiro atoms. The van der Waals surface area contributed by atoms with Crippen LogP contribution in [0, 0.1) is 0 Å². The molecule has 1 fully saturated rings. The molecule has 106 valence electrons. The van der Waals surface area contributed by atoms with Crippen LogP contribution in [-0.2, 0) is 4.74 Å². The molecule has 0 atom stereocenters. The number of hydrogen-bond donors (Lipinski definition) is 2. The first kappa shape index (κ1) is 12.7. The van der Waals surface area contributed by atoms with Gasteiger partial charge in [-0.05, 0) is 0 Å². The molecule has 0 bridgehead atoms. The Morgan fingerprint density at radius 1 is 1.16 bits per heavy atom. The molecule has 3 aliphatic heterocycles. The molecule has 3 aliphatic rings. The van der Waals surface area contributed by atoms with E-state index in [0.29, 0.717) is 0 Å². The minimum absolute atomic E-state index is 0.848. The molecule has 0 amide bonds. The molecule has 1 saturated heterocycles. The van der Waals surface area contributed by atoms with Crippen molar-refractivity contribution in [1.82, 2.24) is 20.4 Å². The molecule has 3 heterocycles. The SMILES string of the molecule is C1CNC(N2CCN=C2NCCN2CCOCC2)=N1. The molecular weight excluding hydrogens is 244 g/mol. The molecule has 0 aromatic carbocycles. The Morgan fingerprint density at radius 2 is 2.05 bits per heavy atom. The minimum atomic E-state index is 0.848. The van der Waals surface area contributed by atoms with Crippen LogP contribution in [0.15, 0.2) is 9.98 Å². The number of aliphatic imine (C=N–C) groups is 2. The van der Waals surface area contributed by atoms with Crippen LogP contribution in [0.25, 0.3) is 0 Å². The third kappa shape index (κ3) is 3.16. The van der Waals surface area contributed by atoms with E-state index in [1.54, 1.807) is 0 Å². The van der Waals surface area contributed by atoms with Gasteiger partial charge < -0.3 is 15.4 Å². The Kier molecular flexibility index (Phi) is 4.14. The molecule has 0 aromatic rings. The van der Waals surface area contributed by atoms with Gasteiger partial charge in [-0.1, -0.05) is 0 Å². The standard InChI is InChI=1S/C12H22N6O/c1-2-14-11(13-1)18-6-4-16-12(18)15-3-5-17-7-9-19-10-8-17/h1-10H2,(H,13,14)(H,15,16). The summed E-state index contributed by atoms with van der Waals surface area (Å²) in [5, 5.41) is 6.72. The van der Waals surface area contributed by atoms with Gasteiger partial charge >= 0.3 is 0 Å².